The van der Waals surface area contributed by atoms with Crippen molar-refractivity contribution in [3.63, 3.8) is 0 Å². The van der Waals surface area contributed by atoms with Crippen LogP contribution in [0, 0.1) is 11.3 Å². The first-order valence-electron chi connectivity index (χ1n) is 4.65. The van der Waals surface area contributed by atoms with Crippen LogP contribution in [-0.4, -0.2) is 11.6 Å². The number of allylic oxidation sites excluding steroid dienone is 1. The lowest BCUT2D eigenvalue weighted by molar-refractivity contribution is -0.157. The molecule has 1 saturated carbocycles. The summed E-state index contributed by atoms with van der Waals surface area (Å²) in [5, 5.41) is 0. The molecule has 0 radical (unpaired) electrons. The van der Waals surface area contributed by atoms with E-state index in [-0.39, 0.29) is 22.9 Å². The van der Waals surface area contributed by atoms with E-state index in [9.17, 15) is 4.79 Å². The molecule has 2 unspecified atom stereocenters. The van der Waals surface area contributed by atoms with Crippen LogP contribution in [0.4, 0.5) is 0 Å². The smallest absolute Gasteiger partial charge is 0.310 e. The molecule has 0 bridgehead atoms. The molecule has 1 rings (SSSR count). The lowest BCUT2D eigenvalue weighted by Gasteiger charge is -2.20. The van der Waals surface area contributed by atoms with Crippen molar-refractivity contribution in [1.82, 2.24) is 0 Å². The van der Waals surface area contributed by atoms with Gasteiger partial charge in [0.25, 0.3) is 0 Å². The number of carbonyl (C=O) groups is 1. The minimum Gasteiger partial charge on any atom is -0.460 e. The summed E-state index contributed by atoms with van der Waals surface area (Å²) < 4.78 is 5.27. The molecule has 13 heavy (non-hydrogen) atoms. The Morgan fingerprint density at radius 3 is 2.46 bits per heavy atom. The van der Waals surface area contributed by atoms with Crippen LogP contribution in [0.2, 0.25) is 0 Å². The van der Waals surface area contributed by atoms with E-state index in [1.54, 1.807) is 0 Å². The molecule has 0 saturated heterocycles. The van der Waals surface area contributed by atoms with Gasteiger partial charge in [0.1, 0.15) is 5.60 Å². The van der Waals surface area contributed by atoms with Gasteiger partial charge >= 0.3 is 5.97 Å². The summed E-state index contributed by atoms with van der Waals surface area (Å²) in [4.78, 5) is 11.5. The van der Waals surface area contributed by atoms with Crippen LogP contribution in [-0.2, 0) is 9.53 Å². The number of esters is 1. The summed E-state index contributed by atoms with van der Waals surface area (Å²) in [5.41, 5.74) is -0.385. The highest BCUT2D eigenvalue weighted by molar-refractivity contribution is 5.77. The quantitative estimate of drug-likeness (QED) is 0.484. The molecule has 1 fully saturated rings. The fourth-order valence-corrected chi connectivity index (χ4v) is 1.33. The maximum absolute atomic E-state index is 11.5. The zero-order valence-corrected chi connectivity index (χ0v) is 8.89. The van der Waals surface area contributed by atoms with E-state index in [2.05, 4.69) is 6.58 Å². The first-order valence-corrected chi connectivity index (χ1v) is 4.65. The molecule has 0 aromatic carbocycles. The fraction of sp³-hybridized carbons (Fsp3) is 0.727. The highest BCUT2D eigenvalue weighted by Gasteiger charge is 2.53. The van der Waals surface area contributed by atoms with E-state index in [1.807, 2.05) is 33.8 Å². The standard InChI is InChI=1S/C11H18O2/c1-6-11(5)7-8(11)9(12)13-10(2,3)4/h6,8H,1,7H2,2-5H3. The van der Waals surface area contributed by atoms with Gasteiger partial charge in [0, 0.05) is 0 Å². The minimum absolute atomic E-state index is 0.0116. The van der Waals surface area contributed by atoms with Crippen LogP contribution in [0.3, 0.4) is 0 Å². The Balaban J connectivity index is 2.49. The second-order valence-electron chi connectivity index (χ2n) is 5.00. The van der Waals surface area contributed by atoms with Crippen LogP contribution in [0.5, 0.6) is 0 Å². The molecule has 0 spiro atoms. The molecule has 0 heterocycles. The summed E-state index contributed by atoms with van der Waals surface area (Å²) in [6, 6.07) is 0. The van der Waals surface area contributed by atoms with Gasteiger partial charge in [-0.2, -0.15) is 0 Å². The Morgan fingerprint density at radius 1 is 1.62 bits per heavy atom. The largest absolute Gasteiger partial charge is 0.460 e. The molecule has 2 nitrogen and oxygen atoms in total. The van der Waals surface area contributed by atoms with Crippen LogP contribution < -0.4 is 0 Å². The number of hydrogen-bond acceptors (Lipinski definition) is 2. The van der Waals surface area contributed by atoms with E-state index in [1.165, 1.54) is 0 Å². The third kappa shape index (κ3) is 2.33. The van der Waals surface area contributed by atoms with Crippen molar-refractivity contribution in [2.45, 2.75) is 39.7 Å². The zero-order valence-electron chi connectivity index (χ0n) is 8.89. The summed E-state index contributed by atoms with van der Waals surface area (Å²) >= 11 is 0. The summed E-state index contributed by atoms with van der Waals surface area (Å²) in [7, 11) is 0. The predicted molar refractivity (Wildman–Crippen MR) is 52.3 cm³/mol. The van der Waals surface area contributed by atoms with E-state index in [4.69, 9.17) is 4.74 Å². The molecule has 0 aromatic heterocycles. The number of ether oxygens (including phenoxy) is 1. The lowest BCUT2D eigenvalue weighted by Crippen LogP contribution is -2.25. The molecule has 0 amide bonds. The molecular formula is C11H18O2. The van der Waals surface area contributed by atoms with Crippen molar-refractivity contribution < 1.29 is 9.53 Å². The summed E-state index contributed by atoms with van der Waals surface area (Å²) in [5.74, 6) is -0.0564. The van der Waals surface area contributed by atoms with Gasteiger partial charge in [-0.25, -0.2) is 0 Å². The highest BCUT2D eigenvalue weighted by Crippen LogP contribution is 2.53. The number of carbonyl (C=O) groups excluding carboxylic acids is 1. The van der Waals surface area contributed by atoms with Crippen LogP contribution in [0.15, 0.2) is 12.7 Å². The Bertz CT molecular complexity index is 237. The molecule has 0 N–H and O–H groups in total. The van der Waals surface area contributed by atoms with E-state index < -0.39 is 0 Å². The van der Waals surface area contributed by atoms with Gasteiger partial charge in [0.2, 0.25) is 0 Å². The summed E-state index contributed by atoms with van der Waals surface area (Å²) in [6.07, 6.45) is 2.73. The second-order valence-corrected chi connectivity index (χ2v) is 5.00. The predicted octanol–water partition coefficient (Wildman–Crippen LogP) is 2.54. The average Bonchev–Trinajstić information content (AvgIpc) is 2.60. The molecule has 2 atom stereocenters. The van der Waals surface area contributed by atoms with Crippen molar-refractivity contribution in [3.8, 4) is 0 Å². The monoisotopic (exact) mass is 182 g/mol. The van der Waals surface area contributed by atoms with E-state index in [0.29, 0.717) is 0 Å². The normalized spacial score (nSPS) is 32.5. The maximum atomic E-state index is 11.5. The Morgan fingerprint density at radius 2 is 2.15 bits per heavy atom. The lowest BCUT2D eigenvalue weighted by atomic mass is 10.1. The number of hydrogen-bond donors (Lipinski definition) is 0. The first kappa shape index (κ1) is 10.3. The van der Waals surface area contributed by atoms with Gasteiger partial charge in [-0.1, -0.05) is 13.0 Å². The van der Waals surface area contributed by atoms with Crippen molar-refractivity contribution in [2.24, 2.45) is 11.3 Å². The number of rotatable bonds is 2. The van der Waals surface area contributed by atoms with E-state index >= 15 is 0 Å². The van der Waals surface area contributed by atoms with Crippen LogP contribution in [0.1, 0.15) is 34.1 Å². The van der Waals surface area contributed by atoms with Gasteiger partial charge in [-0.05, 0) is 32.6 Å². The molecule has 1 aliphatic rings. The average molecular weight is 182 g/mol. The topological polar surface area (TPSA) is 26.3 Å². The fourth-order valence-electron chi connectivity index (χ4n) is 1.33. The third-order valence-corrected chi connectivity index (χ3v) is 2.44. The SMILES string of the molecule is C=CC1(C)CC1C(=O)OC(C)(C)C. The van der Waals surface area contributed by atoms with Gasteiger partial charge in [0.15, 0.2) is 0 Å². The maximum Gasteiger partial charge on any atom is 0.310 e. The van der Waals surface area contributed by atoms with Crippen molar-refractivity contribution in [1.29, 1.82) is 0 Å². The van der Waals surface area contributed by atoms with E-state index in [0.717, 1.165) is 6.42 Å². The molecule has 0 aromatic rings. The van der Waals surface area contributed by atoms with Crippen molar-refractivity contribution in [2.75, 3.05) is 0 Å². The third-order valence-electron chi connectivity index (χ3n) is 2.44. The van der Waals surface area contributed by atoms with Crippen molar-refractivity contribution in [3.05, 3.63) is 12.7 Å². The molecule has 0 aliphatic heterocycles. The minimum atomic E-state index is -0.373. The van der Waals surface area contributed by atoms with Gasteiger partial charge in [-0.3, -0.25) is 4.79 Å². The van der Waals surface area contributed by atoms with Crippen LogP contribution >= 0.6 is 0 Å². The molecule has 74 valence electrons. The van der Waals surface area contributed by atoms with Gasteiger partial charge in [0.05, 0.1) is 5.92 Å². The van der Waals surface area contributed by atoms with Gasteiger partial charge < -0.3 is 4.74 Å². The zero-order chi connectivity index (χ0) is 10.3. The van der Waals surface area contributed by atoms with Gasteiger partial charge in [-0.15, -0.1) is 6.58 Å². The Labute approximate surface area is 80.0 Å². The second kappa shape index (κ2) is 2.86. The molecule has 2 heteroatoms. The summed E-state index contributed by atoms with van der Waals surface area (Å²) in [6.45, 7) is 11.4. The Kier molecular flexibility index (Phi) is 2.27. The van der Waals surface area contributed by atoms with Crippen LogP contribution in [0.25, 0.3) is 0 Å². The highest BCUT2D eigenvalue weighted by atomic mass is 16.6. The molecule has 1 aliphatic carbocycles. The first-order chi connectivity index (χ1) is 5.78. The molecular weight excluding hydrogens is 164 g/mol. The Hall–Kier alpha value is -0.790. The van der Waals surface area contributed by atoms with Crippen molar-refractivity contribution >= 4 is 5.97 Å².